The minimum absolute atomic E-state index is 0.105. The zero-order chi connectivity index (χ0) is 29.1. The molecular formula is C33H37Cl2N5S. The fourth-order valence-corrected chi connectivity index (χ4v) is 7.42. The number of aromatic nitrogens is 1. The number of nitrogens with zero attached hydrogens (tertiary/aromatic N) is 4. The maximum Gasteiger partial charge on any atom is 0.174 e. The second-order valence-corrected chi connectivity index (χ2v) is 13.4. The lowest BCUT2D eigenvalue weighted by Crippen LogP contribution is -2.42. The molecule has 2 fully saturated rings. The summed E-state index contributed by atoms with van der Waals surface area (Å²) in [6, 6.07) is 16.2. The van der Waals surface area contributed by atoms with Gasteiger partial charge in [0, 0.05) is 48.3 Å². The second-order valence-electron chi connectivity index (χ2n) is 12.2. The van der Waals surface area contributed by atoms with Crippen LogP contribution in [0.2, 0.25) is 10.0 Å². The Balaban J connectivity index is 1.45. The quantitative estimate of drug-likeness (QED) is 0.301. The standard InChI is InChI=1S/C33H37Cl2N5S/c1-20-11-14-39(15-12-20)28-10-9-22(16-26(28)35)40-31(30(37-32(40)41)27-8-6-7-13-36-27)24-17-23-21(2)19-33(3,4)38(5)29(23)18-25(24)34/h6-10,13,16-20,30-31H,11-12,14-15H2,1-5H3,(H,37,41). The topological polar surface area (TPSA) is 34.6 Å². The molecule has 3 aromatic rings. The number of allylic oxidation sites excluding steroid dienone is 1. The highest BCUT2D eigenvalue weighted by molar-refractivity contribution is 7.80. The van der Waals surface area contributed by atoms with Crippen molar-refractivity contribution in [3.05, 3.63) is 87.7 Å². The van der Waals surface area contributed by atoms with Crippen LogP contribution in [-0.4, -0.2) is 35.8 Å². The van der Waals surface area contributed by atoms with Crippen LogP contribution in [0.4, 0.5) is 17.1 Å². The van der Waals surface area contributed by atoms with E-state index in [-0.39, 0.29) is 17.6 Å². The summed E-state index contributed by atoms with van der Waals surface area (Å²) >= 11 is 20.1. The van der Waals surface area contributed by atoms with Crippen molar-refractivity contribution in [1.82, 2.24) is 10.3 Å². The summed E-state index contributed by atoms with van der Waals surface area (Å²) in [6.45, 7) is 11.0. The van der Waals surface area contributed by atoms with Gasteiger partial charge in [0.25, 0.3) is 0 Å². The molecule has 2 atom stereocenters. The Labute approximate surface area is 259 Å². The minimum atomic E-state index is -0.221. The van der Waals surface area contributed by atoms with Gasteiger partial charge in [0.1, 0.15) is 0 Å². The van der Waals surface area contributed by atoms with E-state index >= 15 is 0 Å². The fraction of sp³-hybridized carbons (Fsp3) is 0.394. The van der Waals surface area contributed by atoms with Crippen LogP contribution in [0.3, 0.4) is 0 Å². The lowest BCUT2D eigenvalue weighted by molar-refractivity contribution is 0.438. The van der Waals surface area contributed by atoms with E-state index in [0.717, 1.165) is 52.3 Å². The van der Waals surface area contributed by atoms with Gasteiger partial charge >= 0.3 is 0 Å². The van der Waals surface area contributed by atoms with Crippen molar-refractivity contribution in [1.29, 1.82) is 0 Å². The Hall–Kier alpha value is -2.80. The lowest BCUT2D eigenvalue weighted by atomic mass is 9.86. The summed E-state index contributed by atoms with van der Waals surface area (Å²) < 4.78 is 0. The van der Waals surface area contributed by atoms with Gasteiger partial charge in [-0.25, -0.2) is 0 Å². The van der Waals surface area contributed by atoms with Crippen LogP contribution in [0, 0.1) is 5.92 Å². The predicted octanol–water partition coefficient (Wildman–Crippen LogP) is 8.43. The van der Waals surface area contributed by atoms with Gasteiger partial charge in [-0.05, 0) is 105 Å². The van der Waals surface area contributed by atoms with Crippen LogP contribution >= 0.6 is 35.4 Å². The Kier molecular flexibility index (Phi) is 7.46. The van der Waals surface area contributed by atoms with E-state index in [2.05, 4.69) is 85.1 Å². The number of piperidine rings is 1. The van der Waals surface area contributed by atoms with Crippen molar-refractivity contribution >= 4 is 63.2 Å². The first kappa shape index (κ1) is 28.3. The summed E-state index contributed by atoms with van der Waals surface area (Å²) in [5.74, 6) is 0.757. The Morgan fingerprint density at radius 2 is 1.76 bits per heavy atom. The van der Waals surface area contributed by atoms with Crippen molar-refractivity contribution in [3.8, 4) is 0 Å². The van der Waals surface area contributed by atoms with Gasteiger partial charge in [0.2, 0.25) is 0 Å². The van der Waals surface area contributed by atoms with Crippen LogP contribution in [-0.2, 0) is 0 Å². The molecule has 2 saturated heterocycles. The molecule has 6 rings (SSSR count). The first-order valence-electron chi connectivity index (χ1n) is 14.4. The molecule has 3 aliphatic rings. The van der Waals surface area contributed by atoms with E-state index in [1.807, 2.05) is 30.5 Å². The molecule has 1 N–H and O–H groups in total. The summed E-state index contributed by atoms with van der Waals surface area (Å²) in [4.78, 5) is 11.6. The van der Waals surface area contributed by atoms with Gasteiger partial charge in [-0.3, -0.25) is 4.98 Å². The van der Waals surface area contributed by atoms with Gasteiger partial charge in [-0.15, -0.1) is 0 Å². The molecule has 41 heavy (non-hydrogen) atoms. The summed E-state index contributed by atoms with van der Waals surface area (Å²) in [5.41, 5.74) is 7.36. The molecule has 8 heteroatoms. The van der Waals surface area contributed by atoms with Crippen molar-refractivity contribution in [2.24, 2.45) is 5.92 Å². The van der Waals surface area contributed by atoms with Gasteiger partial charge in [-0.1, -0.05) is 42.3 Å². The average molecular weight is 607 g/mol. The maximum atomic E-state index is 7.17. The van der Waals surface area contributed by atoms with Gasteiger partial charge < -0.3 is 20.0 Å². The molecule has 214 valence electrons. The Bertz CT molecular complexity index is 1510. The maximum absolute atomic E-state index is 7.17. The van der Waals surface area contributed by atoms with Crippen molar-refractivity contribution in [2.75, 3.05) is 34.8 Å². The molecular weight excluding hydrogens is 569 g/mol. The first-order valence-corrected chi connectivity index (χ1v) is 15.5. The monoisotopic (exact) mass is 605 g/mol. The van der Waals surface area contributed by atoms with Gasteiger partial charge in [0.15, 0.2) is 5.11 Å². The molecule has 2 unspecified atom stereocenters. The van der Waals surface area contributed by atoms with E-state index in [1.165, 1.54) is 24.0 Å². The number of anilines is 3. The van der Waals surface area contributed by atoms with Crippen molar-refractivity contribution < 1.29 is 0 Å². The molecule has 0 spiro atoms. The largest absolute Gasteiger partial charge is 0.370 e. The third-order valence-corrected chi connectivity index (χ3v) is 10.0. The second kappa shape index (κ2) is 10.8. The number of hydrogen-bond acceptors (Lipinski definition) is 4. The molecule has 4 heterocycles. The third-order valence-electron chi connectivity index (χ3n) is 9.09. The number of likely N-dealkylation sites (N-methyl/N-ethyl adjacent to an activating group) is 1. The van der Waals surface area contributed by atoms with Crippen molar-refractivity contribution in [3.63, 3.8) is 0 Å². The molecule has 0 amide bonds. The number of thiocarbonyl (C=S) groups is 1. The molecule has 3 aliphatic heterocycles. The average Bonchev–Trinajstić information content (AvgIpc) is 3.29. The molecule has 5 nitrogen and oxygen atoms in total. The highest BCUT2D eigenvalue weighted by atomic mass is 35.5. The van der Waals surface area contributed by atoms with Gasteiger partial charge in [0.05, 0.1) is 34.0 Å². The SMILES string of the molecule is CC1=CC(C)(C)N(C)c2cc(Cl)c(C3C(c4ccccn4)NC(=S)N3c3ccc(N4CCC(C)CC4)c(Cl)c3)cc21. The summed E-state index contributed by atoms with van der Waals surface area (Å²) in [6.07, 6.45) is 6.51. The Morgan fingerprint density at radius 3 is 2.44 bits per heavy atom. The molecule has 0 saturated carbocycles. The van der Waals surface area contributed by atoms with Crippen LogP contribution in [0.1, 0.15) is 69.4 Å². The molecule has 0 bridgehead atoms. The van der Waals surface area contributed by atoms with E-state index in [1.54, 1.807) is 0 Å². The Morgan fingerprint density at radius 1 is 1.00 bits per heavy atom. The predicted molar refractivity (Wildman–Crippen MR) is 178 cm³/mol. The zero-order valence-electron chi connectivity index (χ0n) is 24.3. The number of halogens is 2. The molecule has 0 aliphatic carbocycles. The van der Waals surface area contributed by atoms with Crippen LogP contribution in [0.5, 0.6) is 0 Å². The highest BCUT2D eigenvalue weighted by Crippen LogP contribution is 2.48. The first-order chi connectivity index (χ1) is 19.5. The number of fused-ring (bicyclic) bond motifs is 1. The summed E-state index contributed by atoms with van der Waals surface area (Å²) in [5, 5.41) is 5.63. The van der Waals surface area contributed by atoms with Crippen LogP contribution < -0.4 is 20.0 Å². The van der Waals surface area contributed by atoms with Crippen LogP contribution in [0.25, 0.3) is 5.57 Å². The number of pyridine rings is 1. The van der Waals surface area contributed by atoms with Crippen molar-refractivity contribution in [2.45, 2.75) is 58.2 Å². The van der Waals surface area contributed by atoms with E-state index in [4.69, 9.17) is 40.4 Å². The molecule has 2 aromatic carbocycles. The zero-order valence-corrected chi connectivity index (χ0v) is 26.6. The third kappa shape index (κ3) is 5.09. The number of hydrogen-bond donors (Lipinski definition) is 1. The highest BCUT2D eigenvalue weighted by Gasteiger charge is 2.43. The number of rotatable bonds is 4. The molecule has 0 radical (unpaired) electrons. The summed E-state index contributed by atoms with van der Waals surface area (Å²) in [7, 11) is 2.12. The van der Waals surface area contributed by atoms with E-state index < -0.39 is 0 Å². The van der Waals surface area contributed by atoms with Crippen LogP contribution in [0.15, 0.2) is 60.8 Å². The normalized spacial score (nSPS) is 22.5. The van der Waals surface area contributed by atoms with Gasteiger partial charge in [-0.2, -0.15) is 0 Å². The van der Waals surface area contributed by atoms with E-state index in [9.17, 15) is 0 Å². The smallest absolute Gasteiger partial charge is 0.174 e. The van der Waals surface area contributed by atoms with E-state index in [0.29, 0.717) is 10.1 Å². The lowest BCUT2D eigenvalue weighted by Gasteiger charge is -2.41. The number of benzene rings is 2. The minimum Gasteiger partial charge on any atom is -0.370 e. The number of nitrogens with one attached hydrogen (secondary N) is 1. The molecule has 1 aromatic heterocycles. The fourth-order valence-electron chi connectivity index (χ4n) is 6.51.